The molecule has 0 aliphatic heterocycles. The van der Waals surface area contributed by atoms with E-state index in [-0.39, 0.29) is 22.6 Å². The number of benzene rings is 1. The number of nitrogens with zero attached hydrogens (tertiary/aromatic N) is 1. The van der Waals surface area contributed by atoms with Crippen LogP contribution in [0.4, 0.5) is 5.69 Å². The number of thiophene rings is 1. The summed E-state index contributed by atoms with van der Waals surface area (Å²) in [5.41, 5.74) is 8.24. The third-order valence-electron chi connectivity index (χ3n) is 3.37. The molecule has 0 saturated carbocycles. The van der Waals surface area contributed by atoms with E-state index in [4.69, 9.17) is 5.73 Å². The SMILES string of the molecule is Cc1ccsc1C(N)C(C)c1ccccc1[N+](=O)[O-]. The van der Waals surface area contributed by atoms with Crippen LogP contribution in [0.5, 0.6) is 0 Å². The number of para-hydroxylation sites is 1. The Morgan fingerprint density at radius 2 is 2.00 bits per heavy atom. The third-order valence-corrected chi connectivity index (χ3v) is 4.49. The summed E-state index contributed by atoms with van der Waals surface area (Å²) in [6.07, 6.45) is 0. The molecule has 0 saturated heterocycles. The van der Waals surface area contributed by atoms with Crippen LogP contribution in [0.25, 0.3) is 0 Å². The molecule has 5 heteroatoms. The first-order chi connectivity index (χ1) is 9.02. The number of nitro benzene ring substituents is 1. The van der Waals surface area contributed by atoms with Crippen molar-refractivity contribution in [3.63, 3.8) is 0 Å². The van der Waals surface area contributed by atoms with Gasteiger partial charge in [0.25, 0.3) is 5.69 Å². The minimum atomic E-state index is -0.347. The summed E-state index contributed by atoms with van der Waals surface area (Å²) in [5, 5.41) is 13.1. The molecule has 2 aromatic rings. The van der Waals surface area contributed by atoms with Gasteiger partial charge in [-0.15, -0.1) is 11.3 Å². The fourth-order valence-electron chi connectivity index (χ4n) is 2.19. The van der Waals surface area contributed by atoms with Crippen LogP contribution in [0.15, 0.2) is 35.7 Å². The van der Waals surface area contributed by atoms with E-state index in [1.807, 2.05) is 31.4 Å². The van der Waals surface area contributed by atoms with Gasteiger partial charge in [-0.1, -0.05) is 25.1 Å². The number of hydrogen-bond donors (Lipinski definition) is 1. The number of nitrogens with two attached hydrogens (primary N) is 1. The van der Waals surface area contributed by atoms with E-state index in [0.29, 0.717) is 5.56 Å². The summed E-state index contributed by atoms with van der Waals surface area (Å²) in [4.78, 5) is 11.8. The molecule has 19 heavy (non-hydrogen) atoms. The maximum atomic E-state index is 11.1. The van der Waals surface area contributed by atoms with E-state index in [1.54, 1.807) is 23.5 Å². The van der Waals surface area contributed by atoms with Gasteiger partial charge in [-0.25, -0.2) is 0 Å². The Kier molecular flexibility index (Phi) is 3.97. The van der Waals surface area contributed by atoms with Gasteiger partial charge < -0.3 is 5.73 Å². The van der Waals surface area contributed by atoms with Gasteiger partial charge in [-0.05, 0) is 23.9 Å². The lowest BCUT2D eigenvalue weighted by Gasteiger charge is -2.20. The molecule has 0 amide bonds. The standard InChI is InChI=1S/C14H16N2O2S/c1-9-7-8-19-14(9)13(15)10(2)11-5-3-4-6-12(11)16(17)18/h3-8,10,13H,15H2,1-2H3. The zero-order valence-corrected chi connectivity index (χ0v) is 11.7. The van der Waals surface area contributed by atoms with Crippen LogP contribution in [0, 0.1) is 17.0 Å². The molecule has 0 bridgehead atoms. The highest BCUT2D eigenvalue weighted by molar-refractivity contribution is 7.10. The summed E-state index contributed by atoms with van der Waals surface area (Å²) in [6.45, 7) is 3.95. The summed E-state index contributed by atoms with van der Waals surface area (Å²) < 4.78 is 0. The second-order valence-electron chi connectivity index (χ2n) is 4.60. The van der Waals surface area contributed by atoms with Crippen molar-refractivity contribution in [1.29, 1.82) is 0 Å². The molecule has 0 fully saturated rings. The minimum Gasteiger partial charge on any atom is -0.323 e. The van der Waals surface area contributed by atoms with Crippen LogP contribution >= 0.6 is 11.3 Å². The average Bonchev–Trinajstić information content (AvgIpc) is 2.83. The van der Waals surface area contributed by atoms with Crippen LogP contribution in [0.2, 0.25) is 0 Å². The Balaban J connectivity index is 2.37. The topological polar surface area (TPSA) is 69.2 Å². The van der Waals surface area contributed by atoms with Gasteiger partial charge in [0.05, 0.1) is 4.92 Å². The van der Waals surface area contributed by atoms with Crippen molar-refractivity contribution in [1.82, 2.24) is 0 Å². The van der Waals surface area contributed by atoms with E-state index < -0.39 is 0 Å². The number of aryl methyl sites for hydroxylation is 1. The van der Waals surface area contributed by atoms with Crippen LogP contribution in [0.1, 0.15) is 34.9 Å². The summed E-state index contributed by atoms with van der Waals surface area (Å²) in [6, 6.07) is 8.60. The van der Waals surface area contributed by atoms with Gasteiger partial charge in [0.15, 0.2) is 0 Å². The van der Waals surface area contributed by atoms with Crippen molar-refractivity contribution in [2.45, 2.75) is 25.8 Å². The van der Waals surface area contributed by atoms with Crippen molar-refractivity contribution in [3.05, 3.63) is 61.8 Å². The molecule has 0 radical (unpaired) electrons. The fourth-order valence-corrected chi connectivity index (χ4v) is 3.22. The lowest BCUT2D eigenvalue weighted by molar-refractivity contribution is -0.385. The first-order valence-corrected chi connectivity index (χ1v) is 6.93. The van der Waals surface area contributed by atoms with Crippen molar-refractivity contribution in [3.8, 4) is 0 Å². The second-order valence-corrected chi connectivity index (χ2v) is 5.55. The van der Waals surface area contributed by atoms with Crippen molar-refractivity contribution >= 4 is 17.0 Å². The minimum absolute atomic E-state index is 0.0982. The molecule has 1 aromatic heterocycles. The van der Waals surface area contributed by atoms with Crippen LogP contribution in [-0.2, 0) is 0 Å². The second kappa shape index (κ2) is 5.50. The number of nitro groups is 1. The predicted octanol–water partition coefficient (Wildman–Crippen LogP) is 3.77. The smallest absolute Gasteiger partial charge is 0.272 e. The summed E-state index contributed by atoms with van der Waals surface area (Å²) in [5.74, 6) is -0.0982. The van der Waals surface area contributed by atoms with Gasteiger partial charge >= 0.3 is 0 Å². The highest BCUT2D eigenvalue weighted by atomic mass is 32.1. The van der Waals surface area contributed by atoms with E-state index in [0.717, 1.165) is 10.4 Å². The van der Waals surface area contributed by atoms with Crippen LogP contribution in [0.3, 0.4) is 0 Å². The normalized spacial score (nSPS) is 14.1. The highest BCUT2D eigenvalue weighted by Gasteiger charge is 2.25. The molecule has 1 aromatic carbocycles. The van der Waals surface area contributed by atoms with E-state index in [9.17, 15) is 10.1 Å². The summed E-state index contributed by atoms with van der Waals surface area (Å²) >= 11 is 1.60. The van der Waals surface area contributed by atoms with Crippen molar-refractivity contribution in [2.24, 2.45) is 5.73 Å². The van der Waals surface area contributed by atoms with Gasteiger partial charge in [0, 0.05) is 28.5 Å². The monoisotopic (exact) mass is 276 g/mol. The molecule has 0 aliphatic rings. The summed E-state index contributed by atoms with van der Waals surface area (Å²) in [7, 11) is 0. The van der Waals surface area contributed by atoms with Crippen molar-refractivity contribution in [2.75, 3.05) is 0 Å². The maximum absolute atomic E-state index is 11.1. The molecule has 2 N–H and O–H groups in total. The quantitative estimate of drug-likeness (QED) is 0.682. The Morgan fingerprint density at radius 1 is 1.32 bits per heavy atom. The number of rotatable bonds is 4. The van der Waals surface area contributed by atoms with Gasteiger partial charge in [-0.2, -0.15) is 0 Å². The zero-order valence-electron chi connectivity index (χ0n) is 10.9. The Morgan fingerprint density at radius 3 is 2.58 bits per heavy atom. The van der Waals surface area contributed by atoms with Gasteiger partial charge in [-0.3, -0.25) is 10.1 Å². The third kappa shape index (κ3) is 2.67. The fraction of sp³-hybridized carbons (Fsp3) is 0.286. The molecule has 2 rings (SSSR count). The molecular formula is C14H16N2O2S. The Hall–Kier alpha value is -1.72. The van der Waals surface area contributed by atoms with Gasteiger partial charge in [0.2, 0.25) is 0 Å². The lowest BCUT2D eigenvalue weighted by atomic mass is 9.90. The van der Waals surface area contributed by atoms with Crippen molar-refractivity contribution < 1.29 is 4.92 Å². The number of hydrogen-bond acceptors (Lipinski definition) is 4. The highest BCUT2D eigenvalue weighted by Crippen LogP contribution is 2.36. The predicted molar refractivity (Wildman–Crippen MR) is 77.5 cm³/mol. The largest absolute Gasteiger partial charge is 0.323 e. The molecule has 4 nitrogen and oxygen atoms in total. The van der Waals surface area contributed by atoms with Crippen LogP contribution < -0.4 is 5.73 Å². The molecule has 2 unspecified atom stereocenters. The first-order valence-electron chi connectivity index (χ1n) is 6.05. The maximum Gasteiger partial charge on any atom is 0.272 e. The first kappa shape index (κ1) is 13.7. The average molecular weight is 276 g/mol. The van der Waals surface area contributed by atoms with E-state index in [1.165, 1.54) is 6.07 Å². The molecule has 0 aliphatic carbocycles. The molecule has 1 heterocycles. The molecule has 0 spiro atoms. The molecule has 2 atom stereocenters. The van der Waals surface area contributed by atoms with E-state index >= 15 is 0 Å². The Labute approximate surface area is 116 Å². The zero-order chi connectivity index (χ0) is 14.0. The lowest BCUT2D eigenvalue weighted by Crippen LogP contribution is -2.18. The molecule has 100 valence electrons. The molecular weight excluding hydrogens is 260 g/mol. The van der Waals surface area contributed by atoms with Gasteiger partial charge in [0.1, 0.15) is 0 Å². The van der Waals surface area contributed by atoms with E-state index in [2.05, 4.69) is 0 Å². The Bertz CT molecular complexity index is 595. The van der Waals surface area contributed by atoms with Crippen LogP contribution in [-0.4, -0.2) is 4.92 Å².